The van der Waals surface area contributed by atoms with Gasteiger partial charge < -0.3 is 0 Å². The highest BCUT2D eigenvalue weighted by Gasteiger charge is 2.31. The molecule has 1 aliphatic heterocycles. The van der Waals surface area contributed by atoms with Crippen molar-refractivity contribution in [2.75, 3.05) is 19.0 Å². The molecule has 1 heterocycles. The lowest BCUT2D eigenvalue weighted by Crippen LogP contribution is -2.29. The molecule has 1 aliphatic rings. The topological polar surface area (TPSA) is 37.4 Å². The number of benzene rings is 1. The first-order valence-electron chi connectivity index (χ1n) is 5.35. The maximum atomic E-state index is 12.7. The molecule has 0 aromatic heterocycles. The first-order chi connectivity index (χ1) is 8.04. The third-order valence-electron chi connectivity index (χ3n) is 2.92. The number of hydrogen-bond acceptors (Lipinski definition) is 2. The van der Waals surface area contributed by atoms with Crippen LogP contribution in [0.1, 0.15) is 6.42 Å². The molecule has 0 spiro atoms. The lowest BCUT2D eigenvalue weighted by Gasteiger charge is -2.16. The van der Waals surface area contributed by atoms with Gasteiger partial charge in [0.25, 0.3) is 0 Å². The van der Waals surface area contributed by atoms with E-state index in [0.717, 1.165) is 18.6 Å². The van der Waals surface area contributed by atoms with Gasteiger partial charge in [0.1, 0.15) is 5.82 Å². The standard InChI is InChI=1S/C11H13ClFNO2S/c12-7-9-5-6-14(8-9)17(15,16)11-3-1-10(13)2-4-11/h1-4,9H,5-8H2. The minimum atomic E-state index is -3.49. The monoisotopic (exact) mass is 277 g/mol. The SMILES string of the molecule is O=S(=O)(c1ccc(F)cc1)N1CCC(CCl)C1. The molecule has 0 radical (unpaired) electrons. The molecule has 0 saturated carbocycles. The van der Waals surface area contributed by atoms with E-state index in [1.807, 2.05) is 0 Å². The minimum absolute atomic E-state index is 0.133. The van der Waals surface area contributed by atoms with Gasteiger partial charge in [0.2, 0.25) is 10.0 Å². The molecule has 0 aliphatic carbocycles. The summed E-state index contributed by atoms with van der Waals surface area (Å²) in [7, 11) is -3.49. The zero-order valence-corrected chi connectivity index (χ0v) is 10.7. The van der Waals surface area contributed by atoms with E-state index in [0.29, 0.717) is 19.0 Å². The van der Waals surface area contributed by atoms with Crippen molar-refractivity contribution in [2.24, 2.45) is 5.92 Å². The number of nitrogens with zero attached hydrogens (tertiary/aromatic N) is 1. The lowest BCUT2D eigenvalue weighted by molar-refractivity contribution is 0.465. The predicted molar refractivity (Wildman–Crippen MR) is 64.0 cm³/mol. The normalized spacial score (nSPS) is 21.9. The number of alkyl halides is 1. The molecule has 3 nitrogen and oxygen atoms in total. The highest BCUT2D eigenvalue weighted by molar-refractivity contribution is 7.89. The molecule has 1 fully saturated rings. The van der Waals surface area contributed by atoms with Crippen LogP contribution in [-0.2, 0) is 10.0 Å². The molecule has 1 aromatic carbocycles. The number of hydrogen-bond donors (Lipinski definition) is 0. The van der Waals surface area contributed by atoms with Crippen LogP contribution in [-0.4, -0.2) is 31.7 Å². The fraction of sp³-hybridized carbons (Fsp3) is 0.455. The fourth-order valence-corrected chi connectivity index (χ4v) is 3.68. The molecule has 0 bridgehead atoms. The van der Waals surface area contributed by atoms with Gasteiger partial charge in [0.05, 0.1) is 4.90 Å². The minimum Gasteiger partial charge on any atom is -0.207 e. The van der Waals surface area contributed by atoms with Crippen molar-refractivity contribution in [2.45, 2.75) is 11.3 Å². The van der Waals surface area contributed by atoms with Gasteiger partial charge in [-0.1, -0.05) is 0 Å². The average Bonchev–Trinajstić information content (AvgIpc) is 2.78. The van der Waals surface area contributed by atoms with E-state index in [1.54, 1.807) is 0 Å². The van der Waals surface area contributed by atoms with Crippen LogP contribution in [0.15, 0.2) is 29.2 Å². The molecular weight excluding hydrogens is 265 g/mol. The smallest absolute Gasteiger partial charge is 0.207 e. The molecular formula is C11H13ClFNO2S. The number of halogens is 2. The molecule has 2 rings (SSSR count). The van der Waals surface area contributed by atoms with E-state index < -0.39 is 15.8 Å². The summed E-state index contributed by atoms with van der Waals surface area (Å²) < 4.78 is 38.5. The van der Waals surface area contributed by atoms with Crippen LogP contribution in [0, 0.1) is 11.7 Å². The molecule has 1 unspecified atom stereocenters. The van der Waals surface area contributed by atoms with Crippen LogP contribution in [0.25, 0.3) is 0 Å². The Morgan fingerprint density at radius 2 is 2.00 bits per heavy atom. The van der Waals surface area contributed by atoms with Crippen molar-refractivity contribution in [1.29, 1.82) is 0 Å². The molecule has 1 atom stereocenters. The van der Waals surface area contributed by atoms with Crippen LogP contribution in [0.4, 0.5) is 4.39 Å². The largest absolute Gasteiger partial charge is 0.243 e. The van der Waals surface area contributed by atoms with Crippen LogP contribution < -0.4 is 0 Å². The van der Waals surface area contributed by atoms with Gasteiger partial charge in [0.15, 0.2) is 0 Å². The Kier molecular flexibility index (Phi) is 3.70. The zero-order valence-electron chi connectivity index (χ0n) is 9.14. The van der Waals surface area contributed by atoms with Crippen molar-refractivity contribution in [3.8, 4) is 0 Å². The summed E-state index contributed by atoms with van der Waals surface area (Å²) in [5.41, 5.74) is 0. The molecule has 0 amide bonds. The summed E-state index contributed by atoms with van der Waals surface area (Å²) in [6.07, 6.45) is 0.782. The Morgan fingerprint density at radius 3 is 2.53 bits per heavy atom. The Hall–Kier alpha value is -0.650. The first-order valence-corrected chi connectivity index (χ1v) is 7.33. The second-order valence-electron chi connectivity index (χ2n) is 4.13. The predicted octanol–water partition coefficient (Wildman–Crippen LogP) is 2.08. The van der Waals surface area contributed by atoms with Crippen molar-refractivity contribution >= 4 is 21.6 Å². The summed E-state index contributed by atoms with van der Waals surface area (Å²) in [4.78, 5) is 0.133. The van der Waals surface area contributed by atoms with Crippen LogP contribution in [0.2, 0.25) is 0 Å². The summed E-state index contributed by atoms with van der Waals surface area (Å²) in [5, 5.41) is 0. The van der Waals surface area contributed by atoms with E-state index in [-0.39, 0.29) is 10.8 Å². The lowest BCUT2D eigenvalue weighted by atomic mass is 10.2. The molecule has 0 N–H and O–H groups in total. The van der Waals surface area contributed by atoms with Gasteiger partial charge >= 0.3 is 0 Å². The number of sulfonamides is 1. The van der Waals surface area contributed by atoms with Crippen molar-refractivity contribution in [3.63, 3.8) is 0 Å². The summed E-state index contributed by atoms with van der Waals surface area (Å²) in [5.74, 6) is 0.242. The second kappa shape index (κ2) is 4.92. The summed E-state index contributed by atoms with van der Waals surface area (Å²) in [6.45, 7) is 0.931. The summed E-state index contributed by atoms with van der Waals surface area (Å²) >= 11 is 5.72. The van der Waals surface area contributed by atoms with Crippen LogP contribution in [0.5, 0.6) is 0 Å². The van der Waals surface area contributed by atoms with Crippen LogP contribution in [0.3, 0.4) is 0 Å². The van der Waals surface area contributed by atoms with E-state index in [1.165, 1.54) is 16.4 Å². The molecule has 1 saturated heterocycles. The quantitative estimate of drug-likeness (QED) is 0.793. The molecule has 6 heteroatoms. The Bertz CT molecular complexity index is 489. The Morgan fingerprint density at radius 1 is 1.35 bits per heavy atom. The van der Waals surface area contributed by atoms with E-state index in [4.69, 9.17) is 11.6 Å². The van der Waals surface area contributed by atoms with E-state index >= 15 is 0 Å². The molecule has 17 heavy (non-hydrogen) atoms. The van der Waals surface area contributed by atoms with Gasteiger partial charge in [-0.2, -0.15) is 4.31 Å². The second-order valence-corrected chi connectivity index (χ2v) is 6.37. The third kappa shape index (κ3) is 2.61. The van der Waals surface area contributed by atoms with Gasteiger partial charge in [0, 0.05) is 19.0 Å². The fourth-order valence-electron chi connectivity index (χ4n) is 1.90. The van der Waals surface area contributed by atoms with Gasteiger partial charge in [-0.05, 0) is 36.6 Å². The average molecular weight is 278 g/mol. The van der Waals surface area contributed by atoms with E-state index in [2.05, 4.69) is 0 Å². The maximum absolute atomic E-state index is 12.7. The Balaban J connectivity index is 2.22. The van der Waals surface area contributed by atoms with Gasteiger partial charge in [-0.25, -0.2) is 12.8 Å². The van der Waals surface area contributed by atoms with Crippen molar-refractivity contribution < 1.29 is 12.8 Å². The van der Waals surface area contributed by atoms with Gasteiger partial charge in [-0.15, -0.1) is 11.6 Å². The molecule has 94 valence electrons. The molecule has 1 aromatic rings. The summed E-state index contributed by atoms with van der Waals surface area (Å²) in [6, 6.07) is 4.89. The highest BCUT2D eigenvalue weighted by Crippen LogP contribution is 2.24. The first kappa shape index (κ1) is 12.8. The van der Waals surface area contributed by atoms with Gasteiger partial charge in [-0.3, -0.25) is 0 Å². The van der Waals surface area contributed by atoms with Crippen molar-refractivity contribution in [3.05, 3.63) is 30.1 Å². The van der Waals surface area contributed by atoms with Crippen LogP contribution >= 0.6 is 11.6 Å². The number of rotatable bonds is 3. The zero-order chi connectivity index (χ0) is 12.5. The maximum Gasteiger partial charge on any atom is 0.243 e. The highest BCUT2D eigenvalue weighted by atomic mass is 35.5. The van der Waals surface area contributed by atoms with E-state index in [9.17, 15) is 12.8 Å². The van der Waals surface area contributed by atoms with Crippen molar-refractivity contribution in [1.82, 2.24) is 4.31 Å². The third-order valence-corrected chi connectivity index (χ3v) is 5.23. The Labute approximate surface area is 105 Å².